The van der Waals surface area contributed by atoms with Crippen molar-refractivity contribution in [3.63, 3.8) is 0 Å². The van der Waals surface area contributed by atoms with Crippen LogP contribution in [0.5, 0.6) is 0 Å². The van der Waals surface area contributed by atoms with Gasteiger partial charge in [0.2, 0.25) is 53.2 Å². The molecule has 3 rings (SSSR count). The fourth-order valence-electron chi connectivity index (χ4n) is 7.97. The van der Waals surface area contributed by atoms with Crippen LogP contribution in [0.4, 0.5) is 0 Å². The fourth-order valence-corrected chi connectivity index (χ4v) is 7.97. The van der Waals surface area contributed by atoms with E-state index in [0.717, 1.165) is 0 Å². The van der Waals surface area contributed by atoms with E-state index in [-0.39, 0.29) is 41.8 Å². The van der Waals surface area contributed by atoms with Crippen LogP contribution in [0.2, 0.25) is 0 Å². The Bertz CT molecular complexity index is 2940. The second-order valence-corrected chi connectivity index (χ2v) is 21.7. The van der Waals surface area contributed by atoms with Gasteiger partial charge < -0.3 is 64.2 Å². The number of benzene rings is 3. The van der Waals surface area contributed by atoms with E-state index in [1.165, 1.54) is 39.0 Å². The highest BCUT2D eigenvalue weighted by atomic mass is 16.2. The maximum atomic E-state index is 14.6. The van der Waals surface area contributed by atoms with Crippen LogP contribution in [-0.4, -0.2) is 120 Å². The van der Waals surface area contributed by atoms with Crippen molar-refractivity contribution in [3.05, 3.63) is 125 Å². The van der Waals surface area contributed by atoms with Crippen LogP contribution < -0.4 is 64.2 Å². The Kier molecular flexibility index (Phi) is 28.6. The van der Waals surface area contributed by atoms with Crippen LogP contribution in [0.15, 0.2) is 108 Å². The molecule has 0 radical (unpaired) electrons. The maximum absolute atomic E-state index is 14.6. The van der Waals surface area contributed by atoms with Crippen molar-refractivity contribution < 1.29 is 57.5 Å². The van der Waals surface area contributed by atoms with Gasteiger partial charge >= 0.3 is 0 Å². The van der Waals surface area contributed by atoms with Gasteiger partial charge in [-0.25, -0.2) is 0 Å². The molecule has 3 aromatic carbocycles. The average Bonchev–Trinajstić information content (AvgIpc) is 3.60. The second-order valence-electron chi connectivity index (χ2n) is 21.7. The van der Waals surface area contributed by atoms with Gasteiger partial charge in [-0.05, 0) is 85.3 Å². The zero-order chi connectivity index (χ0) is 63.5. The summed E-state index contributed by atoms with van der Waals surface area (Å²) in [5, 5.41) is 28.2. The molecule has 0 fully saturated rings. The molecular formula is C61H82N12O12. The number of carbonyl (C=O) groups excluding carboxylic acids is 12. The Morgan fingerprint density at radius 2 is 0.741 bits per heavy atom. The summed E-state index contributed by atoms with van der Waals surface area (Å²) in [6.45, 7) is 16.9. The molecule has 0 aromatic heterocycles. The highest BCUT2D eigenvalue weighted by Gasteiger charge is 2.34. The smallest absolute Gasteiger partial charge is 0.268 e. The molecule has 0 saturated carbocycles. The third kappa shape index (κ3) is 25.3. The summed E-state index contributed by atoms with van der Waals surface area (Å²) in [6, 6.07) is 17.8. The number of hydrogen-bond acceptors (Lipinski definition) is 12. The third-order valence-corrected chi connectivity index (χ3v) is 12.4. The highest BCUT2D eigenvalue weighted by molar-refractivity contribution is 6.07. The molecule has 3 aromatic rings. The van der Waals surface area contributed by atoms with Gasteiger partial charge in [-0.15, -0.1) is 0 Å². The summed E-state index contributed by atoms with van der Waals surface area (Å²) in [7, 11) is 0. The van der Waals surface area contributed by atoms with E-state index in [4.69, 9.17) is 5.73 Å². The van der Waals surface area contributed by atoms with E-state index < -0.39 is 132 Å². The van der Waals surface area contributed by atoms with Crippen LogP contribution >= 0.6 is 0 Å². The summed E-state index contributed by atoms with van der Waals surface area (Å²) in [4.78, 5) is 161. The van der Waals surface area contributed by atoms with Crippen molar-refractivity contribution in [3.8, 4) is 0 Å². The standard InChI is InChI=1S/C61H82N12O12/c1-34(2)27-44(68-56(80)47(30-42-23-17-13-18-24-42)67-54(78)39(10)65-50(76)33-63-40(11)74)58(82)73-52(37(7)8)61(85)71-48(31-43-25-19-14-20-26-43)57(81)69-45(28-35(3)4)59(83)72-51(36(5)6)60(84)70-46(29-41-21-15-12-16-22-41)55(79)66-38(9)53(77)64-32-49(62)75/h12-26,29-31,34-39,44-45,51-52H,27-28,32-33H2,1-11H3,(H2,62,75)(H,63,74)(H,64,77)(H,65,76)(H,66,79)(H,67,78)(H,68,80)(H,69,81)(H,70,84)(H,71,85)(H,72,83)(H,73,82)/b46-29+,47-30+,48-31-/t38-,39-,44-,45-,51-,52-/m0/s1. The van der Waals surface area contributed by atoms with Gasteiger partial charge in [0.1, 0.15) is 53.3 Å². The summed E-state index contributed by atoms with van der Waals surface area (Å²) >= 11 is 0. The topological polar surface area (TPSA) is 363 Å². The van der Waals surface area contributed by atoms with Gasteiger partial charge in [-0.1, -0.05) is 146 Å². The van der Waals surface area contributed by atoms with Crippen molar-refractivity contribution in [2.45, 2.75) is 125 Å². The number of nitrogens with two attached hydrogens (primary N) is 1. The Balaban J connectivity index is 1.93. The quantitative estimate of drug-likeness (QED) is 0.0409. The molecule has 85 heavy (non-hydrogen) atoms. The summed E-state index contributed by atoms with van der Waals surface area (Å²) in [5.74, 6) is -11.0. The van der Waals surface area contributed by atoms with E-state index in [2.05, 4.69) is 58.5 Å². The maximum Gasteiger partial charge on any atom is 0.268 e. The Hall–Kier alpha value is -9.48. The molecule has 0 aliphatic heterocycles. The van der Waals surface area contributed by atoms with Crippen LogP contribution in [0.3, 0.4) is 0 Å². The molecule has 0 saturated heterocycles. The van der Waals surface area contributed by atoms with Crippen LogP contribution in [0.25, 0.3) is 18.2 Å². The minimum atomic E-state index is -1.34. The van der Waals surface area contributed by atoms with Crippen molar-refractivity contribution >= 4 is 89.1 Å². The highest BCUT2D eigenvalue weighted by Crippen LogP contribution is 2.15. The van der Waals surface area contributed by atoms with E-state index in [0.29, 0.717) is 16.7 Å². The number of rotatable bonds is 31. The molecule has 13 N–H and O–H groups in total. The minimum absolute atomic E-state index is 0.0446. The predicted molar refractivity (Wildman–Crippen MR) is 320 cm³/mol. The zero-order valence-corrected chi connectivity index (χ0v) is 50.0. The first-order valence-electron chi connectivity index (χ1n) is 27.9. The van der Waals surface area contributed by atoms with Crippen molar-refractivity contribution in [1.82, 2.24) is 58.5 Å². The number of primary amides is 1. The van der Waals surface area contributed by atoms with E-state index in [9.17, 15) is 57.5 Å². The summed E-state index contributed by atoms with van der Waals surface area (Å²) in [6.07, 6.45) is 4.23. The molecule has 0 unspecified atom stereocenters. The molecule has 0 aliphatic carbocycles. The molecule has 0 spiro atoms. The summed E-state index contributed by atoms with van der Waals surface area (Å²) in [5.41, 5.74) is 5.73. The van der Waals surface area contributed by atoms with E-state index >= 15 is 0 Å². The molecule has 0 bridgehead atoms. The molecule has 0 aliphatic rings. The molecule has 24 heteroatoms. The minimum Gasteiger partial charge on any atom is -0.368 e. The van der Waals surface area contributed by atoms with Gasteiger partial charge in [0.25, 0.3) is 17.7 Å². The molecule has 458 valence electrons. The van der Waals surface area contributed by atoms with Gasteiger partial charge in [-0.3, -0.25) is 57.5 Å². The number of hydrogen-bond donors (Lipinski definition) is 12. The molecular weight excluding hydrogens is 1090 g/mol. The summed E-state index contributed by atoms with van der Waals surface area (Å²) < 4.78 is 0. The second kappa shape index (κ2) is 34.8. The van der Waals surface area contributed by atoms with E-state index in [1.54, 1.807) is 133 Å². The van der Waals surface area contributed by atoms with Gasteiger partial charge in [0.05, 0.1) is 13.1 Å². The van der Waals surface area contributed by atoms with Gasteiger partial charge in [0, 0.05) is 6.92 Å². The lowest BCUT2D eigenvalue weighted by Crippen LogP contribution is -2.58. The Labute approximate surface area is 495 Å². The van der Waals surface area contributed by atoms with Crippen molar-refractivity contribution in [2.75, 3.05) is 13.1 Å². The van der Waals surface area contributed by atoms with Crippen LogP contribution in [-0.2, 0) is 57.5 Å². The number of carbonyl (C=O) groups is 12. The largest absolute Gasteiger partial charge is 0.368 e. The SMILES string of the molecule is CC(=O)NCC(=O)N[C@@H](C)C(=O)N/C(=C/c1ccccc1)C(=O)N[C@@H](CC(C)C)C(=O)N[C@H](C(=O)N/C(=C\c1ccccc1)C(=O)N[C@@H](CC(C)C)C(=O)N[C@H](C(=O)N/C(=C/c1ccccc1)C(=O)N[C@@H](C)C(=O)NCC(N)=O)C(C)C)C(C)C. The first kappa shape index (κ1) is 69.8. The molecule has 12 amide bonds. The average molecular weight is 1180 g/mol. The molecule has 6 atom stereocenters. The lowest BCUT2D eigenvalue weighted by atomic mass is 9.99. The predicted octanol–water partition coefficient (Wildman–Crippen LogP) is 1.55. The van der Waals surface area contributed by atoms with E-state index in [1.807, 2.05) is 13.8 Å². The Morgan fingerprint density at radius 1 is 0.400 bits per heavy atom. The first-order chi connectivity index (χ1) is 40.0. The first-order valence-corrected chi connectivity index (χ1v) is 27.9. The van der Waals surface area contributed by atoms with Crippen molar-refractivity contribution in [2.24, 2.45) is 29.4 Å². The van der Waals surface area contributed by atoms with Crippen LogP contribution in [0, 0.1) is 23.7 Å². The van der Waals surface area contributed by atoms with Crippen LogP contribution in [0.1, 0.15) is 106 Å². The normalized spacial score (nSPS) is 13.8. The molecule has 24 nitrogen and oxygen atoms in total. The van der Waals surface area contributed by atoms with Gasteiger partial charge in [-0.2, -0.15) is 0 Å². The lowest BCUT2D eigenvalue weighted by molar-refractivity contribution is -0.133. The Morgan fingerprint density at radius 3 is 1.07 bits per heavy atom. The monoisotopic (exact) mass is 1170 g/mol. The molecule has 0 heterocycles. The van der Waals surface area contributed by atoms with Crippen molar-refractivity contribution in [1.29, 1.82) is 0 Å². The number of nitrogens with one attached hydrogen (secondary N) is 11. The number of amides is 12. The third-order valence-electron chi connectivity index (χ3n) is 12.4. The fraction of sp³-hybridized carbons (Fsp3) is 0.410. The zero-order valence-electron chi connectivity index (χ0n) is 50.0. The lowest BCUT2D eigenvalue weighted by Gasteiger charge is -2.28. The van der Waals surface area contributed by atoms with Gasteiger partial charge in [0.15, 0.2) is 0 Å².